The number of carbonyl (C=O) groups excluding carboxylic acids is 1. The summed E-state index contributed by atoms with van der Waals surface area (Å²) in [4.78, 5) is 12.6. The molecule has 7 heteroatoms. The fourth-order valence-corrected chi connectivity index (χ4v) is 3.44. The Bertz CT molecular complexity index is 612. The molecule has 0 atom stereocenters. The molecule has 1 aliphatic rings. The molecule has 0 aromatic heterocycles. The van der Waals surface area contributed by atoms with E-state index in [0.29, 0.717) is 29.5 Å². The number of halogens is 2. The number of hydrogen-bond donors (Lipinski definition) is 3. The quantitative estimate of drug-likeness (QED) is 0.327. The maximum atomic E-state index is 12.6. The number of benzene rings is 1. The molecule has 0 heterocycles. The highest BCUT2D eigenvalue weighted by atomic mass is 79.9. The molecule has 2 rings (SSSR count). The van der Waals surface area contributed by atoms with E-state index in [9.17, 15) is 4.79 Å². The lowest BCUT2D eigenvalue weighted by Crippen LogP contribution is -2.54. The molecule has 4 N–H and O–H groups in total. The molecule has 1 aromatic rings. The van der Waals surface area contributed by atoms with Crippen LogP contribution in [-0.2, 0) is 4.79 Å². The molecular weight excluding hydrogens is 358 g/mol. The summed E-state index contributed by atoms with van der Waals surface area (Å²) in [5.41, 5.74) is 6.26. The average Bonchev–Trinajstić information content (AvgIpc) is 2.39. The van der Waals surface area contributed by atoms with Crippen molar-refractivity contribution in [1.82, 2.24) is 0 Å². The van der Waals surface area contributed by atoms with Gasteiger partial charge in [-0.05, 0) is 59.3 Å². The van der Waals surface area contributed by atoms with E-state index < -0.39 is 5.41 Å². The number of amides is 1. The molecule has 1 fully saturated rings. The molecule has 114 valence electrons. The predicted molar refractivity (Wildman–Crippen MR) is 86.8 cm³/mol. The molecule has 0 radical (unpaired) electrons. The summed E-state index contributed by atoms with van der Waals surface area (Å²) in [6, 6.07) is 3.51. The van der Waals surface area contributed by atoms with Crippen LogP contribution in [0.5, 0.6) is 0 Å². The van der Waals surface area contributed by atoms with Crippen molar-refractivity contribution in [2.45, 2.75) is 26.7 Å². The second-order valence-electron chi connectivity index (χ2n) is 5.62. The number of nitrogens with zero attached hydrogens (tertiary/aromatic N) is 1. The number of oxime groups is 1. The minimum Gasteiger partial charge on any atom is -0.409 e. The van der Waals surface area contributed by atoms with E-state index in [0.717, 1.165) is 10.0 Å². The Morgan fingerprint density at radius 1 is 1.57 bits per heavy atom. The number of rotatable bonds is 3. The molecule has 5 nitrogen and oxygen atoms in total. The molecule has 1 saturated carbocycles. The third-order valence-corrected chi connectivity index (χ3v) is 4.99. The summed E-state index contributed by atoms with van der Waals surface area (Å²) >= 11 is 9.48. The van der Waals surface area contributed by atoms with Crippen molar-refractivity contribution in [3.63, 3.8) is 0 Å². The number of nitrogens with one attached hydrogen (secondary N) is 1. The summed E-state index contributed by atoms with van der Waals surface area (Å²) in [6.07, 6.45) is 1.12. The number of carbonyl (C=O) groups is 1. The molecule has 1 aromatic carbocycles. The first-order valence-electron chi connectivity index (χ1n) is 6.55. The highest BCUT2D eigenvalue weighted by Crippen LogP contribution is 2.46. The second kappa shape index (κ2) is 5.85. The van der Waals surface area contributed by atoms with Crippen LogP contribution in [-0.4, -0.2) is 17.0 Å². The van der Waals surface area contributed by atoms with Gasteiger partial charge in [-0.2, -0.15) is 0 Å². The SMILES string of the molecule is Cc1cc(Br)c(NC(=O)C2(/C(N)=N/O)CC(C)C2)cc1Cl. The van der Waals surface area contributed by atoms with Crippen LogP contribution in [0, 0.1) is 18.3 Å². The zero-order valence-electron chi connectivity index (χ0n) is 11.8. The molecule has 0 saturated heterocycles. The van der Waals surface area contributed by atoms with Crippen molar-refractivity contribution >= 4 is 45.0 Å². The molecule has 0 spiro atoms. The summed E-state index contributed by atoms with van der Waals surface area (Å²) in [6.45, 7) is 3.90. The fraction of sp³-hybridized carbons (Fsp3) is 0.429. The average molecular weight is 375 g/mol. The van der Waals surface area contributed by atoms with Crippen LogP contribution in [0.15, 0.2) is 21.8 Å². The Morgan fingerprint density at radius 2 is 2.19 bits per heavy atom. The highest BCUT2D eigenvalue weighted by Gasteiger charge is 2.52. The first-order valence-corrected chi connectivity index (χ1v) is 7.72. The maximum Gasteiger partial charge on any atom is 0.238 e. The van der Waals surface area contributed by atoms with E-state index in [4.69, 9.17) is 22.5 Å². The van der Waals surface area contributed by atoms with Gasteiger partial charge in [0.1, 0.15) is 5.41 Å². The van der Waals surface area contributed by atoms with Crippen LogP contribution >= 0.6 is 27.5 Å². The zero-order valence-corrected chi connectivity index (χ0v) is 14.1. The van der Waals surface area contributed by atoms with Gasteiger partial charge in [0.25, 0.3) is 0 Å². The Labute approximate surface area is 136 Å². The number of anilines is 1. The van der Waals surface area contributed by atoms with Crippen molar-refractivity contribution in [1.29, 1.82) is 0 Å². The van der Waals surface area contributed by atoms with E-state index in [1.807, 2.05) is 19.9 Å². The van der Waals surface area contributed by atoms with E-state index in [1.165, 1.54) is 0 Å². The minimum absolute atomic E-state index is 0.0487. The van der Waals surface area contributed by atoms with Crippen LogP contribution in [0.25, 0.3) is 0 Å². The smallest absolute Gasteiger partial charge is 0.238 e. The Morgan fingerprint density at radius 3 is 2.71 bits per heavy atom. The van der Waals surface area contributed by atoms with Crippen molar-refractivity contribution in [2.24, 2.45) is 22.2 Å². The van der Waals surface area contributed by atoms with Crippen molar-refractivity contribution in [2.75, 3.05) is 5.32 Å². The van der Waals surface area contributed by atoms with Crippen molar-refractivity contribution < 1.29 is 10.0 Å². The topological polar surface area (TPSA) is 87.7 Å². The fourth-order valence-electron chi connectivity index (χ4n) is 2.72. The number of nitrogens with two attached hydrogens (primary N) is 1. The lowest BCUT2D eigenvalue weighted by atomic mass is 9.61. The van der Waals surface area contributed by atoms with Gasteiger partial charge in [0.05, 0.1) is 5.69 Å². The third kappa shape index (κ3) is 2.87. The lowest BCUT2D eigenvalue weighted by Gasteiger charge is -2.43. The van der Waals surface area contributed by atoms with Crippen molar-refractivity contribution in [3.8, 4) is 0 Å². The number of hydrogen-bond acceptors (Lipinski definition) is 3. The van der Waals surface area contributed by atoms with Gasteiger partial charge in [-0.15, -0.1) is 0 Å². The molecule has 21 heavy (non-hydrogen) atoms. The van der Waals surface area contributed by atoms with Gasteiger partial charge in [-0.25, -0.2) is 0 Å². The lowest BCUT2D eigenvalue weighted by molar-refractivity contribution is -0.127. The first kappa shape index (κ1) is 16.1. The van der Waals surface area contributed by atoms with Gasteiger partial charge in [0.15, 0.2) is 5.84 Å². The van der Waals surface area contributed by atoms with E-state index >= 15 is 0 Å². The second-order valence-corrected chi connectivity index (χ2v) is 6.88. The zero-order chi connectivity index (χ0) is 15.8. The van der Waals surface area contributed by atoms with Gasteiger partial charge >= 0.3 is 0 Å². The van der Waals surface area contributed by atoms with Crippen LogP contribution in [0.3, 0.4) is 0 Å². The Hall–Kier alpha value is -1.27. The van der Waals surface area contributed by atoms with E-state index in [1.54, 1.807) is 6.07 Å². The number of aryl methyl sites for hydroxylation is 1. The Kier molecular flexibility index (Phi) is 4.49. The van der Waals surface area contributed by atoms with Crippen LogP contribution in [0.2, 0.25) is 5.02 Å². The molecule has 1 aliphatic carbocycles. The van der Waals surface area contributed by atoms with Gasteiger partial charge in [-0.1, -0.05) is 23.7 Å². The standard InChI is InChI=1S/C14H17BrClN3O2/c1-7-5-14(6-7,12(17)19-21)13(20)18-11-4-10(16)8(2)3-9(11)15/h3-4,7,21H,5-6H2,1-2H3,(H2,17,19)(H,18,20). The van der Waals surface area contributed by atoms with Gasteiger partial charge < -0.3 is 16.3 Å². The monoisotopic (exact) mass is 373 g/mol. The summed E-state index contributed by atoms with van der Waals surface area (Å²) in [5, 5.41) is 15.3. The molecule has 0 unspecified atom stereocenters. The normalized spacial score (nSPS) is 25.3. The third-order valence-electron chi connectivity index (χ3n) is 3.92. The van der Waals surface area contributed by atoms with Gasteiger partial charge in [0.2, 0.25) is 5.91 Å². The largest absolute Gasteiger partial charge is 0.409 e. The summed E-state index contributed by atoms with van der Waals surface area (Å²) in [5.74, 6) is 0.0325. The van der Waals surface area contributed by atoms with Crippen LogP contribution in [0.4, 0.5) is 5.69 Å². The molecule has 0 aliphatic heterocycles. The maximum absolute atomic E-state index is 12.6. The highest BCUT2D eigenvalue weighted by molar-refractivity contribution is 9.10. The van der Waals surface area contributed by atoms with Crippen LogP contribution in [0.1, 0.15) is 25.3 Å². The minimum atomic E-state index is -0.940. The summed E-state index contributed by atoms with van der Waals surface area (Å²) in [7, 11) is 0. The van der Waals surface area contributed by atoms with E-state index in [2.05, 4.69) is 26.4 Å². The molecular formula is C14H17BrClN3O2. The molecule has 0 bridgehead atoms. The Balaban J connectivity index is 2.27. The van der Waals surface area contributed by atoms with Crippen molar-refractivity contribution in [3.05, 3.63) is 27.2 Å². The summed E-state index contributed by atoms with van der Waals surface area (Å²) < 4.78 is 0.736. The molecule has 1 amide bonds. The van der Waals surface area contributed by atoms with E-state index in [-0.39, 0.29) is 11.7 Å². The predicted octanol–water partition coefficient (Wildman–Crippen LogP) is 3.51. The van der Waals surface area contributed by atoms with Gasteiger partial charge in [-0.3, -0.25) is 4.79 Å². The van der Waals surface area contributed by atoms with Crippen LogP contribution < -0.4 is 11.1 Å². The number of amidine groups is 1. The first-order chi connectivity index (χ1) is 9.80. The van der Waals surface area contributed by atoms with Gasteiger partial charge in [0, 0.05) is 9.50 Å².